The highest BCUT2D eigenvalue weighted by molar-refractivity contribution is 6.68. The average Bonchev–Trinajstić information content (AvgIpc) is 2.01. The summed E-state index contributed by atoms with van der Waals surface area (Å²) in [7, 11) is 0. The van der Waals surface area contributed by atoms with Gasteiger partial charge >= 0.3 is 0 Å². The van der Waals surface area contributed by atoms with Crippen LogP contribution < -0.4 is 0 Å². The molecule has 14 heavy (non-hydrogen) atoms. The smallest absolute Gasteiger partial charge is 0.275 e. The molecule has 0 unspecified atom stereocenters. The first-order valence-electron chi connectivity index (χ1n) is 3.26. The van der Waals surface area contributed by atoms with Crippen LogP contribution in [0.4, 0.5) is 14.5 Å². The number of nitro groups is 1. The van der Waals surface area contributed by atoms with Crippen molar-refractivity contribution in [1.29, 1.82) is 0 Å². The topological polar surface area (TPSA) is 60.2 Å². The largest absolute Gasteiger partial charge is 0.287 e. The molecule has 4 nitrogen and oxygen atoms in total. The molecule has 1 aromatic carbocycles. The van der Waals surface area contributed by atoms with Crippen molar-refractivity contribution in [2.45, 2.75) is 0 Å². The highest BCUT2D eigenvalue weighted by Gasteiger charge is 2.24. The number of nitro benzene ring substituents is 1. The monoisotopic (exact) mass is 221 g/mol. The number of hydrogen-bond donors (Lipinski definition) is 0. The van der Waals surface area contributed by atoms with Gasteiger partial charge in [-0.3, -0.25) is 14.9 Å². The average molecular weight is 222 g/mol. The molecular weight excluding hydrogens is 220 g/mol. The Hall–Kier alpha value is -1.56. The molecular formula is C7H2ClF2NO3. The summed E-state index contributed by atoms with van der Waals surface area (Å²) in [5.41, 5.74) is -1.92. The number of benzene rings is 1. The van der Waals surface area contributed by atoms with E-state index in [0.29, 0.717) is 12.1 Å². The lowest BCUT2D eigenvalue weighted by Gasteiger charge is -1.99. The highest BCUT2D eigenvalue weighted by Crippen LogP contribution is 2.24. The molecule has 0 fully saturated rings. The molecule has 0 aliphatic carbocycles. The number of nitrogens with zero attached hydrogens (tertiary/aromatic N) is 1. The molecule has 0 amide bonds. The number of carbonyl (C=O) groups excluding carboxylic acids is 1. The van der Waals surface area contributed by atoms with Gasteiger partial charge in [0, 0.05) is 6.07 Å². The SMILES string of the molecule is O=C(Cl)c1c(F)cc(F)cc1[N+](=O)[O-]. The Balaban J connectivity index is 3.52. The second-order valence-electron chi connectivity index (χ2n) is 2.31. The minimum Gasteiger partial charge on any atom is -0.275 e. The predicted molar refractivity (Wildman–Crippen MR) is 43.2 cm³/mol. The lowest BCUT2D eigenvalue weighted by atomic mass is 10.2. The van der Waals surface area contributed by atoms with Gasteiger partial charge in [-0.2, -0.15) is 0 Å². The van der Waals surface area contributed by atoms with Crippen LogP contribution in [-0.4, -0.2) is 10.2 Å². The van der Waals surface area contributed by atoms with Gasteiger partial charge in [-0.25, -0.2) is 8.78 Å². The minimum atomic E-state index is -1.35. The van der Waals surface area contributed by atoms with Crippen molar-refractivity contribution in [3.8, 4) is 0 Å². The molecule has 7 heteroatoms. The Morgan fingerprint density at radius 2 is 2.00 bits per heavy atom. The van der Waals surface area contributed by atoms with Crippen molar-refractivity contribution in [2.75, 3.05) is 0 Å². The van der Waals surface area contributed by atoms with Gasteiger partial charge in [-0.15, -0.1) is 0 Å². The van der Waals surface area contributed by atoms with Crippen LogP contribution in [-0.2, 0) is 0 Å². The molecule has 0 saturated heterocycles. The Bertz CT molecular complexity index is 422. The van der Waals surface area contributed by atoms with Gasteiger partial charge in [0.2, 0.25) is 0 Å². The third kappa shape index (κ3) is 1.85. The summed E-state index contributed by atoms with van der Waals surface area (Å²) in [6, 6.07) is 0.779. The van der Waals surface area contributed by atoms with Crippen LogP contribution in [0.1, 0.15) is 10.4 Å². The first kappa shape index (κ1) is 10.5. The zero-order chi connectivity index (χ0) is 10.9. The lowest BCUT2D eigenvalue weighted by Crippen LogP contribution is -2.02. The zero-order valence-corrected chi connectivity index (χ0v) is 7.22. The van der Waals surface area contributed by atoms with Crippen LogP contribution in [0.3, 0.4) is 0 Å². The van der Waals surface area contributed by atoms with E-state index in [-0.39, 0.29) is 0 Å². The van der Waals surface area contributed by atoms with Crippen molar-refractivity contribution < 1.29 is 18.5 Å². The first-order chi connectivity index (χ1) is 6.43. The molecule has 0 aliphatic rings. The predicted octanol–water partition coefficient (Wildman–Crippen LogP) is 2.25. The molecule has 0 N–H and O–H groups in total. The maximum absolute atomic E-state index is 12.9. The van der Waals surface area contributed by atoms with E-state index in [4.69, 9.17) is 11.6 Å². The number of carbonyl (C=O) groups is 1. The summed E-state index contributed by atoms with van der Waals surface area (Å²) in [6.45, 7) is 0. The van der Waals surface area contributed by atoms with Gasteiger partial charge in [0.25, 0.3) is 10.9 Å². The fraction of sp³-hybridized carbons (Fsp3) is 0. The second kappa shape index (κ2) is 3.67. The van der Waals surface area contributed by atoms with Gasteiger partial charge < -0.3 is 0 Å². The Kier molecular flexibility index (Phi) is 2.76. The van der Waals surface area contributed by atoms with Gasteiger partial charge in [-0.05, 0) is 11.6 Å². The van der Waals surface area contributed by atoms with Crippen molar-refractivity contribution in [1.82, 2.24) is 0 Å². The van der Waals surface area contributed by atoms with Crippen molar-refractivity contribution in [3.05, 3.63) is 39.4 Å². The van der Waals surface area contributed by atoms with Crippen molar-refractivity contribution in [2.24, 2.45) is 0 Å². The van der Waals surface area contributed by atoms with Crippen molar-refractivity contribution in [3.63, 3.8) is 0 Å². The van der Waals surface area contributed by atoms with E-state index in [2.05, 4.69) is 0 Å². The fourth-order valence-corrected chi connectivity index (χ4v) is 1.09. The molecule has 1 aromatic rings. The quantitative estimate of drug-likeness (QED) is 0.437. The number of rotatable bonds is 2. The maximum Gasteiger partial charge on any atom is 0.287 e. The number of hydrogen-bond acceptors (Lipinski definition) is 3. The third-order valence-corrected chi connectivity index (χ3v) is 1.62. The molecule has 0 aromatic heterocycles. The Morgan fingerprint density at radius 1 is 1.43 bits per heavy atom. The van der Waals surface area contributed by atoms with Crippen LogP contribution in [0.25, 0.3) is 0 Å². The summed E-state index contributed by atoms with van der Waals surface area (Å²) in [6.07, 6.45) is 0. The van der Waals surface area contributed by atoms with Gasteiger partial charge in [0.05, 0.1) is 11.0 Å². The summed E-state index contributed by atoms with van der Waals surface area (Å²) in [5, 5.41) is 8.95. The van der Waals surface area contributed by atoms with Crippen LogP contribution >= 0.6 is 11.6 Å². The summed E-state index contributed by atoms with van der Waals surface area (Å²) < 4.78 is 25.4. The van der Waals surface area contributed by atoms with E-state index in [1.54, 1.807) is 0 Å². The van der Waals surface area contributed by atoms with Gasteiger partial charge in [0.1, 0.15) is 17.2 Å². The summed E-state index contributed by atoms with van der Waals surface area (Å²) in [5.74, 6) is -2.49. The van der Waals surface area contributed by atoms with E-state index in [1.807, 2.05) is 0 Å². The Labute approximate surface area is 81.2 Å². The van der Waals surface area contributed by atoms with E-state index in [1.165, 1.54) is 0 Å². The molecule has 0 bridgehead atoms. The molecule has 0 saturated carbocycles. The van der Waals surface area contributed by atoms with E-state index >= 15 is 0 Å². The molecule has 0 aliphatic heterocycles. The first-order valence-corrected chi connectivity index (χ1v) is 3.64. The maximum atomic E-state index is 12.9. The summed E-state index contributed by atoms with van der Waals surface area (Å²) in [4.78, 5) is 19.8. The zero-order valence-electron chi connectivity index (χ0n) is 6.46. The molecule has 1 rings (SSSR count). The fourth-order valence-electron chi connectivity index (χ4n) is 0.899. The molecule has 0 heterocycles. The third-order valence-electron chi connectivity index (χ3n) is 1.43. The van der Waals surface area contributed by atoms with Crippen LogP contribution in [0.2, 0.25) is 0 Å². The minimum absolute atomic E-state index is 0.350. The molecule has 74 valence electrons. The van der Waals surface area contributed by atoms with Crippen LogP contribution in [0, 0.1) is 21.7 Å². The Morgan fingerprint density at radius 3 is 2.43 bits per heavy atom. The molecule has 0 atom stereocenters. The molecule has 0 spiro atoms. The van der Waals surface area contributed by atoms with Crippen LogP contribution in [0.5, 0.6) is 0 Å². The van der Waals surface area contributed by atoms with Gasteiger partial charge in [0.15, 0.2) is 0 Å². The van der Waals surface area contributed by atoms with E-state index in [0.717, 1.165) is 0 Å². The highest BCUT2D eigenvalue weighted by atomic mass is 35.5. The van der Waals surface area contributed by atoms with Gasteiger partial charge in [-0.1, -0.05) is 0 Å². The van der Waals surface area contributed by atoms with E-state index < -0.39 is 33.1 Å². The van der Waals surface area contributed by atoms with Crippen molar-refractivity contribution >= 4 is 22.5 Å². The lowest BCUT2D eigenvalue weighted by molar-refractivity contribution is -0.385. The normalized spacial score (nSPS) is 9.93. The van der Waals surface area contributed by atoms with Crippen LogP contribution in [0.15, 0.2) is 12.1 Å². The number of halogens is 3. The van der Waals surface area contributed by atoms with E-state index in [9.17, 15) is 23.7 Å². The standard InChI is InChI=1S/C7H2ClF2NO3/c8-7(12)6-4(10)1-3(9)2-5(6)11(13)14/h1-2H. The molecule has 0 radical (unpaired) electrons. The second-order valence-corrected chi connectivity index (χ2v) is 2.66. The summed E-state index contributed by atoms with van der Waals surface area (Å²) >= 11 is 4.90.